The molecule has 0 saturated heterocycles. The molecular weight excluding hydrogens is 252 g/mol. The lowest BCUT2D eigenvalue weighted by atomic mass is 10.1. The van der Waals surface area contributed by atoms with Crippen molar-refractivity contribution >= 4 is 11.8 Å². The Morgan fingerprint density at radius 1 is 1.40 bits per heavy atom. The minimum absolute atomic E-state index is 0.250. The number of amides is 1. The average Bonchev–Trinajstić information content (AvgIpc) is 3.09. The minimum Gasteiger partial charge on any atom is -0.444 e. The molecule has 4 nitrogen and oxygen atoms in total. The van der Waals surface area contributed by atoms with Gasteiger partial charge in [-0.05, 0) is 57.7 Å². The molecule has 1 aromatic carbocycles. The van der Waals surface area contributed by atoms with Crippen molar-refractivity contribution in [1.82, 2.24) is 4.90 Å². The van der Waals surface area contributed by atoms with E-state index in [-0.39, 0.29) is 6.09 Å². The molecule has 4 heteroatoms. The summed E-state index contributed by atoms with van der Waals surface area (Å²) in [5.74, 6) is 0. The summed E-state index contributed by atoms with van der Waals surface area (Å²) >= 11 is 0. The largest absolute Gasteiger partial charge is 0.444 e. The molecule has 0 heterocycles. The molecule has 1 aromatic rings. The topological polar surface area (TPSA) is 55.6 Å². The maximum Gasteiger partial charge on any atom is 0.410 e. The Kier molecular flexibility index (Phi) is 3.93. The van der Waals surface area contributed by atoms with Crippen LogP contribution in [-0.4, -0.2) is 22.6 Å². The van der Waals surface area contributed by atoms with Gasteiger partial charge in [0.1, 0.15) is 5.60 Å². The Morgan fingerprint density at radius 3 is 2.55 bits per heavy atom. The van der Waals surface area contributed by atoms with E-state index in [0.717, 1.165) is 29.7 Å². The van der Waals surface area contributed by atoms with Gasteiger partial charge in [0.05, 0.1) is 6.54 Å². The minimum atomic E-state index is -0.469. The van der Waals surface area contributed by atoms with E-state index < -0.39 is 5.60 Å². The van der Waals surface area contributed by atoms with Crippen LogP contribution in [0.5, 0.6) is 0 Å². The van der Waals surface area contributed by atoms with Crippen molar-refractivity contribution in [1.29, 1.82) is 0 Å². The van der Waals surface area contributed by atoms with Crippen LogP contribution in [0.3, 0.4) is 0 Å². The molecule has 0 aliphatic heterocycles. The van der Waals surface area contributed by atoms with Crippen molar-refractivity contribution in [2.24, 2.45) is 0 Å². The third kappa shape index (κ3) is 3.89. The highest BCUT2D eigenvalue weighted by Gasteiger charge is 2.35. The van der Waals surface area contributed by atoms with Crippen LogP contribution in [0, 0.1) is 6.92 Å². The first kappa shape index (κ1) is 14.7. The second-order valence-electron chi connectivity index (χ2n) is 6.54. The third-order valence-corrected chi connectivity index (χ3v) is 3.26. The molecule has 1 fully saturated rings. The van der Waals surface area contributed by atoms with Crippen molar-refractivity contribution in [2.45, 2.75) is 58.7 Å². The van der Waals surface area contributed by atoms with Gasteiger partial charge in [0, 0.05) is 11.7 Å². The number of benzene rings is 1. The number of rotatable bonds is 3. The lowest BCUT2D eigenvalue weighted by Crippen LogP contribution is -2.38. The summed E-state index contributed by atoms with van der Waals surface area (Å²) in [7, 11) is 0. The Bertz CT molecular complexity index is 502. The van der Waals surface area contributed by atoms with Gasteiger partial charge in [-0.25, -0.2) is 4.79 Å². The lowest BCUT2D eigenvalue weighted by molar-refractivity contribution is 0.0217. The first-order valence-corrected chi connectivity index (χ1v) is 7.11. The number of ether oxygens (including phenoxy) is 1. The van der Waals surface area contributed by atoms with E-state index in [4.69, 9.17) is 10.5 Å². The second-order valence-corrected chi connectivity index (χ2v) is 6.54. The summed E-state index contributed by atoms with van der Waals surface area (Å²) in [5, 5.41) is 0. The van der Waals surface area contributed by atoms with Gasteiger partial charge in [-0.1, -0.05) is 12.1 Å². The number of aryl methyl sites for hydroxylation is 1. The van der Waals surface area contributed by atoms with Crippen LogP contribution in [0.25, 0.3) is 0 Å². The van der Waals surface area contributed by atoms with E-state index in [0.29, 0.717) is 12.6 Å². The normalized spacial score (nSPS) is 15.0. The number of hydrogen-bond acceptors (Lipinski definition) is 3. The van der Waals surface area contributed by atoms with Crippen LogP contribution >= 0.6 is 0 Å². The van der Waals surface area contributed by atoms with Crippen molar-refractivity contribution in [3.05, 3.63) is 29.3 Å². The maximum absolute atomic E-state index is 12.3. The van der Waals surface area contributed by atoms with E-state index in [9.17, 15) is 4.79 Å². The number of nitrogens with two attached hydrogens (primary N) is 1. The van der Waals surface area contributed by atoms with Crippen molar-refractivity contribution in [3.63, 3.8) is 0 Å². The molecule has 0 bridgehead atoms. The fourth-order valence-electron chi connectivity index (χ4n) is 2.09. The molecule has 1 amide bonds. The van der Waals surface area contributed by atoms with E-state index in [1.165, 1.54) is 0 Å². The Morgan fingerprint density at radius 2 is 2.05 bits per heavy atom. The number of hydrogen-bond donors (Lipinski definition) is 1. The van der Waals surface area contributed by atoms with Crippen LogP contribution < -0.4 is 5.73 Å². The third-order valence-electron chi connectivity index (χ3n) is 3.26. The van der Waals surface area contributed by atoms with Gasteiger partial charge in [0.2, 0.25) is 0 Å². The first-order chi connectivity index (χ1) is 9.26. The standard InChI is InChI=1S/C16H24N2O2/c1-11-5-6-12(14(17)9-11)10-18(13-7-8-13)15(19)20-16(2,3)4/h5-6,9,13H,7-8,10,17H2,1-4H3. The molecule has 1 aliphatic rings. The summed E-state index contributed by atoms with van der Waals surface area (Å²) in [6.45, 7) is 8.18. The van der Waals surface area contributed by atoms with E-state index in [1.807, 2.05) is 45.9 Å². The molecule has 0 radical (unpaired) electrons. The van der Waals surface area contributed by atoms with Gasteiger partial charge < -0.3 is 15.4 Å². The van der Waals surface area contributed by atoms with E-state index >= 15 is 0 Å². The number of nitrogens with zero attached hydrogens (tertiary/aromatic N) is 1. The predicted octanol–water partition coefficient (Wildman–Crippen LogP) is 3.48. The van der Waals surface area contributed by atoms with E-state index in [2.05, 4.69) is 0 Å². The summed E-state index contributed by atoms with van der Waals surface area (Å²) < 4.78 is 5.48. The molecule has 1 saturated carbocycles. The summed E-state index contributed by atoms with van der Waals surface area (Å²) in [4.78, 5) is 14.1. The van der Waals surface area contributed by atoms with Gasteiger partial charge in [-0.3, -0.25) is 0 Å². The smallest absolute Gasteiger partial charge is 0.410 e. The van der Waals surface area contributed by atoms with Crippen LogP contribution in [0.4, 0.5) is 10.5 Å². The van der Waals surface area contributed by atoms with Crippen molar-refractivity contribution in [2.75, 3.05) is 5.73 Å². The molecule has 0 aromatic heterocycles. The van der Waals surface area contributed by atoms with Crippen LogP contribution in [-0.2, 0) is 11.3 Å². The SMILES string of the molecule is Cc1ccc(CN(C(=O)OC(C)(C)C)C2CC2)c(N)c1. The Labute approximate surface area is 120 Å². The summed E-state index contributed by atoms with van der Waals surface area (Å²) in [6.07, 6.45) is 1.84. The van der Waals surface area contributed by atoms with Gasteiger partial charge in [-0.15, -0.1) is 0 Å². The number of anilines is 1. The zero-order chi connectivity index (χ0) is 14.9. The van der Waals surface area contributed by atoms with Gasteiger partial charge in [-0.2, -0.15) is 0 Å². The molecular formula is C16H24N2O2. The molecule has 110 valence electrons. The fraction of sp³-hybridized carbons (Fsp3) is 0.562. The summed E-state index contributed by atoms with van der Waals surface area (Å²) in [5.41, 5.74) is 8.41. The molecule has 1 aliphatic carbocycles. The van der Waals surface area contributed by atoms with Crippen LogP contribution in [0.2, 0.25) is 0 Å². The molecule has 2 N–H and O–H groups in total. The monoisotopic (exact) mass is 276 g/mol. The predicted molar refractivity (Wildman–Crippen MR) is 80.4 cm³/mol. The van der Waals surface area contributed by atoms with E-state index in [1.54, 1.807) is 4.90 Å². The molecule has 0 unspecified atom stereocenters. The maximum atomic E-state index is 12.3. The zero-order valence-electron chi connectivity index (χ0n) is 12.8. The molecule has 20 heavy (non-hydrogen) atoms. The number of carbonyl (C=O) groups is 1. The summed E-state index contributed by atoms with van der Waals surface area (Å²) in [6, 6.07) is 6.25. The van der Waals surface area contributed by atoms with Crippen molar-refractivity contribution < 1.29 is 9.53 Å². The van der Waals surface area contributed by atoms with Gasteiger partial charge >= 0.3 is 6.09 Å². The Hall–Kier alpha value is -1.71. The fourth-order valence-corrected chi connectivity index (χ4v) is 2.09. The van der Waals surface area contributed by atoms with Gasteiger partial charge in [0.15, 0.2) is 0 Å². The zero-order valence-corrected chi connectivity index (χ0v) is 12.8. The van der Waals surface area contributed by atoms with Crippen molar-refractivity contribution in [3.8, 4) is 0 Å². The molecule has 2 rings (SSSR count). The highest BCUT2D eigenvalue weighted by molar-refractivity contribution is 5.69. The quantitative estimate of drug-likeness (QED) is 0.860. The van der Waals surface area contributed by atoms with Gasteiger partial charge in [0.25, 0.3) is 0 Å². The lowest BCUT2D eigenvalue weighted by Gasteiger charge is -2.27. The molecule has 0 spiro atoms. The number of nitrogen functional groups attached to an aromatic ring is 1. The Balaban J connectivity index is 2.11. The highest BCUT2D eigenvalue weighted by atomic mass is 16.6. The second kappa shape index (κ2) is 5.35. The van der Waals surface area contributed by atoms with Crippen LogP contribution in [0.1, 0.15) is 44.7 Å². The highest BCUT2D eigenvalue weighted by Crippen LogP contribution is 2.31. The first-order valence-electron chi connectivity index (χ1n) is 7.11. The van der Waals surface area contributed by atoms with Crippen LogP contribution in [0.15, 0.2) is 18.2 Å². The average molecular weight is 276 g/mol. The number of carbonyl (C=O) groups excluding carboxylic acids is 1. The molecule has 0 atom stereocenters.